The average molecular weight is 254 g/mol. The normalized spacial score (nSPS) is 37.7. The van der Waals surface area contributed by atoms with Crippen molar-refractivity contribution in [3.05, 3.63) is 0 Å². The zero-order valence-corrected chi connectivity index (χ0v) is 12.5. The molecule has 0 radical (unpaired) electrons. The van der Waals surface area contributed by atoms with Crippen molar-refractivity contribution in [3.8, 4) is 0 Å². The van der Waals surface area contributed by atoms with Gasteiger partial charge in [-0.15, -0.1) is 0 Å². The van der Waals surface area contributed by atoms with Gasteiger partial charge in [0.05, 0.1) is 12.7 Å². The van der Waals surface area contributed by atoms with E-state index in [1.165, 1.54) is 25.8 Å². The molecule has 0 spiro atoms. The number of hydrogen-bond acceptors (Lipinski definition) is 3. The van der Waals surface area contributed by atoms with Gasteiger partial charge < -0.3 is 10.1 Å². The minimum absolute atomic E-state index is 0.406. The van der Waals surface area contributed by atoms with E-state index in [1.54, 1.807) is 0 Å². The molecule has 2 aliphatic rings. The highest BCUT2D eigenvalue weighted by molar-refractivity contribution is 4.94. The van der Waals surface area contributed by atoms with Crippen LogP contribution in [-0.4, -0.2) is 50.3 Å². The van der Waals surface area contributed by atoms with Crippen LogP contribution in [0.4, 0.5) is 0 Å². The summed E-state index contributed by atoms with van der Waals surface area (Å²) in [5, 5.41) is 3.59. The van der Waals surface area contributed by atoms with Crippen LogP contribution in [0.5, 0.6) is 0 Å². The molecule has 0 aromatic rings. The van der Waals surface area contributed by atoms with E-state index >= 15 is 0 Å². The molecule has 3 nitrogen and oxygen atoms in total. The molecule has 1 aliphatic carbocycles. The van der Waals surface area contributed by atoms with Crippen molar-refractivity contribution < 1.29 is 4.74 Å². The Hall–Kier alpha value is -0.120. The number of ether oxygens (including phenoxy) is 1. The van der Waals surface area contributed by atoms with E-state index in [0.29, 0.717) is 17.6 Å². The number of nitrogens with one attached hydrogen (secondary N) is 1. The van der Waals surface area contributed by atoms with Crippen LogP contribution in [0, 0.1) is 11.3 Å². The van der Waals surface area contributed by atoms with Crippen molar-refractivity contribution in [1.29, 1.82) is 0 Å². The Morgan fingerprint density at radius 3 is 2.83 bits per heavy atom. The van der Waals surface area contributed by atoms with E-state index in [4.69, 9.17) is 4.74 Å². The molecule has 0 aromatic heterocycles. The second-order valence-corrected chi connectivity index (χ2v) is 6.85. The molecule has 1 heterocycles. The lowest BCUT2D eigenvalue weighted by atomic mass is 9.68. The van der Waals surface area contributed by atoms with E-state index in [0.717, 1.165) is 25.6 Å². The summed E-state index contributed by atoms with van der Waals surface area (Å²) >= 11 is 0. The second kappa shape index (κ2) is 5.89. The maximum Gasteiger partial charge on any atom is 0.0674 e. The summed E-state index contributed by atoms with van der Waals surface area (Å²) in [7, 11) is 2.13. The molecule has 1 saturated carbocycles. The monoisotopic (exact) mass is 254 g/mol. The maximum atomic E-state index is 5.63. The molecule has 0 amide bonds. The topological polar surface area (TPSA) is 24.5 Å². The predicted molar refractivity (Wildman–Crippen MR) is 75.8 cm³/mol. The Labute approximate surface area is 112 Å². The van der Waals surface area contributed by atoms with Crippen LogP contribution >= 0.6 is 0 Å². The van der Waals surface area contributed by atoms with Crippen molar-refractivity contribution in [2.75, 3.05) is 33.3 Å². The summed E-state index contributed by atoms with van der Waals surface area (Å²) in [6.07, 6.45) is 4.52. The van der Waals surface area contributed by atoms with Crippen molar-refractivity contribution >= 4 is 0 Å². The van der Waals surface area contributed by atoms with Crippen molar-refractivity contribution in [2.24, 2.45) is 11.3 Å². The number of hydrogen-bond donors (Lipinski definition) is 1. The molecular formula is C15H30N2O. The standard InChI is InChI=1S/C15H30N2O/c1-12-10-17(8-9-18-12)11-13-6-5-7-15(2,3)14(13)16-4/h12-14,16H,5-11H2,1-4H3. The summed E-state index contributed by atoms with van der Waals surface area (Å²) < 4.78 is 5.63. The molecule has 3 atom stereocenters. The summed E-state index contributed by atoms with van der Waals surface area (Å²) in [5.74, 6) is 0.795. The van der Waals surface area contributed by atoms with Crippen LogP contribution in [-0.2, 0) is 4.74 Å². The molecule has 3 heteroatoms. The molecule has 1 saturated heterocycles. The largest absolute Gasteiger partial charge is 0.376 e. The lowest BCUT2D eigenvalue weighted by molar-refractivity contribution is -0.0314. The number of nitrogens with zero attached hydrogens (tertiary/aromatic N) is 1. The summed E-state index contributed by atoms with van der Waals surface area (Å²) in [5.41, 5.74) is 0.440. The molecule has 106 valence electrons. The van der Waals surface area contributed by atoms with Gasteiger partial charge in [-0.25, -0.2) is 0 Å². The highest BCUT2D eigenvalue weighted by Gasteiger charge is 2.38. The van der Waals surface area contributed by atoms with E-state index in [1.807, 2.05) is 0 Å². The molecule has 2 rings (SSSR count). The van der Waals surface area contributed by atoms with Crippen molar-refractivity contribution in [1.82, 2.24) is 10.2 Å². The first kappa shape index (κ1) is 14.3. The molecule has 3 unspecified atom stereocenters. The molecule has 1 aliphatic heterocycles. The van der Waals surface area contributed by atoms with Gasteiger partial charge in [-0.05, 0) is 38.1 Å². The number of rotatable bonds is 3. The van der Waals surface area contributed by atoms with Crippen LogP contribution in [0.15, 0.2) is 0 Å². The first-order valence-corrected chi connectivity index (χ1v) is 7.54. The SMILES string of the molecule is CNC1C(CN2CCOC(C)C2)CCCC1(C)C. The summed E-state index contributed by atoms with van der Waals surface area (Å²) in [6, 6.07) is 0.657. The number of morpholine rings is 1. The van der Waals surface area contributed by atoms with Crippen molar-refractivity contribution in [2.45, 2.75) is 52.2 Å². The Morgan fingerprint density at radius 2 is 2.17 bits per heavy atom. The molecule has 2 fully saturated rings. The first-order valence-electron chi connectivity index (χ1n) is 7.54. The fourth-order valence-electron chi connectivity index (χ4n) is 3.99. The van der Waals surface area contributed by atoms with E-state index in [2.05, 4.69) is 38.0 Å². The van der Waals surface area contributed by atoms with Gasteiger partial charge in [0.2, 0.25) is 0 Å². The second-order valence-electron chi connectivity index (χ2n) is 6.85. The van der Waals surface area contributed by atoms with Crippen LogP contribution < -0.4 is 5.32 Å². The average Bonchev–Trinajstić information content (AvgIpc) is 2.28. The Morgan fingerprint density at radius 1 is 1.39 bits per heavy atom. The quantitative estimate of drug-likeness (QED) is 0.835. The van der Waals surface area contributed by atoms with Gasteiger partial charge in [0.15, 0.2) is 0 Å². The Balaban J connectivity index is 1.94. The maximum absolute atomic E-state index is 5.63. The van der Waals surface area contributed by atoms with Crippen molar-refractivity contribution in [3.63, 3.8) is 0 Å². The zero-order chi connectivity index (χ0) is 13.2. The van der Waals surface area contributed by atoms with Gasteiger partial charge in [-0.1, -0.05) is 20.3 Å². The van der Waals surface area contributed by atoms with Crippen LogP contribution in [0.1, 0.15) is 40.0 Å². The van der Waals surface area contributed by atoms with E-state index in [9.17, 15) is 0 Å². The summed E-state index contributed by atoms with van der Waals surface area (Å²) in [6.45, 7) is 11.4. The molecule has 0 aromatic carbocycles. The lowest BCUT2D eigenvalue weighted by Crippen LogP contribution is -2.53. The molecule has 0 bridgehead atoms. The molecule has 18 heavy (non-hydrogen) atoms. The zero-order valence-electron chi connectivity index (χ0n) is 12.5. The third-order valence-electron chi connectivity index (χ3n) is 4.84. The lowest BCUT2D eigenvalue weighted by Gasteiger charge is -2.46. The smallest absolute Gasteiger partial charge is 0.0674 e. The molecule has 1 N–H and O–H groups in total. The van der Waals surface area contributed by atoms with E-state index < -0.39 is 0 Å². The fraction of sp³-hybridized carbons (Fsp3) is 1.00. The minimum Gasteiger partial charge on any atom is -0.376 e. The van der Waals surface area contributed by atoms with Gasteiger partial charge in [0, 0.05) is 25.7 Å². The third kappa shape index (κ3) is 3.25. The van der Waals surface area contributed by atoms with Gasteiger partial charge in [-0.3, -0.25) is 4.90 Å². The van der Waals surface area contributed by atoms with E-state index in [-0.39, 0.29) is 0 Å². The third-order valence-corrected chi connectivity index (χ3v) is 4.84. The highest BCUT2D eigenvalue weighted by atomic mass is 16.5. The highest BCUT2D eigenvalue weighted by Crippen LogP contribution is 2.39. The summed E-state index contributed by atoms with van der Waals surface area (Å²) in [4.78, 5) is 2.60. The van der Waals surface area contributed by atoms with Gasteiger partial charge in [-0.2, -0.15) is 0 Å². The van der Waals surface area contributed by atoms with Crippen LogP contribution in [0.2, 0.25) is 0 Å². The van der Waals surface area contributed by atoms with Gasteiger partial charge in [0.1, 0.15) is 0 Å². The van der Waals surface area contributed by atoms with Crippen LogP contribution in [0.3, 0.4) is 0 Å². The fourth-order valence-corrected chi connectivity index (χ4v) is 3.99. The van der Waals surface area contributed by atoms with Gasteiger partial charge in [0.25, 0.3) is 0 Å². The minimum atomic E-state index is 0.406. The Bertz CT molecular complexity index is 267. The Kier molecular flexibility index (Phi) is 4.68. The predicted octanol–water partition coefficient (Wildman–Crippen LogP) is 2.12. The van der Waals surface area contributed by atoms with Gasteiger partial charge >= 0.3 is 0 Å². The molecular weight excluding hydrogens is 224 g/mol. The van der Waals surface area contributed by atoms with Crippen LogP contribution in [0.25, 0.3) is 0 Å². The first-order chi connectivity index (χ1) is 8.53.